The number of allylic oxidation sites excluding steroid dienone is 1. The largest absolute Gasteiger partial charge is 0.459 e. The second-order valence-electron chi connectivity index (χ2n) is 6.90. The molecule has 0 spiro atoms. The molecule has 0 aromatic heterocycles. The summed E-state index contributed by atoms with van der Waals surface area (Å²) in [5.41, 5.74) is -1.43. The van der Waals surface area contributed by atoms with Gasteiger partial charge in [0.25, 0.3) is 0 Å². The Morgan fingerprint density at radius 2 is 2.11 bits per heavy atom. The normalized spacial score (nSPS) is 56.5. The third-order valence-corrected chi connectivity index (χ3v) is 5.66. The zero-order valence-corrected chi connectivity index (χ0v) is 11.7. The van der Waals surface area contributed by atoms with E-state index in [1.54, 1.807) is 6.92 Å². The molecule has 1 heterocycles. The second kappa shape index (κ2) is 3.83. The van der Waals surface area contributed by atoms with Gasteiger partial charge in [-0.05, 0) is 31.1 Å². The lowest BCUT2D eigenvalue weighted by Crippen LogP contribution is -2.53. The van der Waals surface area contributed by atoms with E-state index in [2.05, 4.69) is 13.0 Å². The zero-order chi connectivity index (χ0) is 14.0. The minimum Gasteiger partial charge on any atom is -0.459 e. The van der Waals surface area contributed by atoms with Crippen molar-refractivity contribution in [3.05, 3.63) is 12.2 Å². The molecule has 0 unspecified atom stereocenters. The molecule has 4 heteroatoms. The third-order valence-electron chi connectivity index (χ3n) is 5.66. The lowest BCUT2D eigenvalue weighted by Gasteiger charge is -2.51. The van der Waals surface area contributed by atoms with Crippen LogP contribution in [0.5, 0.6) is 0 Å². The lowest BCUT2D eigenvalue weighted by molar-refractivity contribution is -0.157. The topological polar surface area (TPSA) is 66.8 Å². The van der Waals surface area contributed by atoms with Gasteiger partial charge in [-0.15, -0.1) is 0 Å². The number of carbonyl (C=O) groups is 1. The van der Waals surface area contributed by atoms with Crippen LogP contribution in [-0.4, -0.2) is 34.0 Å². The minimum atomic E-state index is -1.38. The first-order valence-corrected chi connectivity index (χ1v) is 7.08. The second-order valence-corrected chi connectivity index (χ2v) is 6.90. The van der Waals surface area contributed by atoms with Crippen molar-refractivity contribution in [1.82, 2.24) is 0 Å². The van der Waals surface area contributed by atoms with Crippen molar-refractivity contribution < 1.29 is 19.7 Å². The number of esters is 1. The van der Waals surface area contributed by atoms with Crippen LogP contribution in [0.4, 0.5) is 0 Å². The smallest absolute Gasteiger partial charge is 0.338 e. The summed E-state index contributed by atoms with van der Waals surface area (Å²) >= 11 is 0. The molecule has 2 fully saturated rings. The van der Waals surface area contributed by atoms with Gasteiger partial charge in [-0.3, -0.25) is 0 Å². The summed E-state index contributed by atoms with van der Waals surface area (Å²) in [6.45, 7) is 5.72. The number of hydrogen-bond acceptors (Lipinski definition) is 4. The fraction of sp³-hybridized carbons (Fsp3) is 0.800. The van der Waals surface area contributed by atoms with Crippen LogP contribution < -0.4 is 0 Å². The molecule has 19 heavy (non-hydrogen) atoms. The first kappa shape index (κ1) is 13.1. The predicted molar refractivity (Wildman–Crippen MR) is 69.1 cm³/mol. The molecule has 0 radical (unpaired) electrons. The van der Waals surface area contributed by atoms with Gasteiger partial charge in [-0.1, -0.05) is 26.0 Å². The molecule has 0 bridgehead atoms. The average Bonchev–Trinajstić information content (AvgIpc) is 2.55. The van der Waals surface area contributed by atoms with E-state index in [0.717, 1.165) is 12.8 Å². The highest BCUT2D eigenvalue weighted by Gasteiger charge is 2.62. The molecule has 2 aliphatic carbocycles. The van der Waals surface area contributed by atoms with Gasteiger partial charge < -0.3 is 14.9 Å². The Hall–Kier alpha value is -0.870. The Morgan fingerprint density at radius 1 is 1.42 bits per heavy atom. The molecule has 1 aliphatic heterocycles. The highest BCUT2D eigenvalue weighted by molar-refractivity contribution is 5.81. The van der Waals surface area contributed by atoms with Gasteiger partial charge in [0, 0.05) is 11.8 Å². The number of ether oxygens (including phenoxy) is 1. The molecule has 4 nitrogen and oxygen atoms in total. The van der Waals surface area contributed by atoms with Gasteiger partial charge in [-0.2, -0.15) is 0 Å². The van der Waals surface area contributed by atoms with E-state index in [-0.39, 0.29) is 29.3 Å². The van der Waals surface area contributed by atoms with Crippen molar-refractivity contribution in [3.8, 4) is 0 Å². The van der Waals surface area contributed by atoms with Crippen molar-refractivity contribution in [2.24, 2.45) is 23.2 Å². The van der Waals surface area contributed by atoms with Crippen molar-refractivity contribution in [1.29, 1.82) is 0 Å². The van der Waals surface area contributed by atoms with E-state index < -0.39 is 17.7 Å². The SMILES string of the molecule is C[C@H]1[C@@H]2[C@@H]3OC(=O)[C@@](C)(O)[C@@H]3CC[C@@]2(C)C=C[C@H]1O. The van der Waals surface area contributed by atoms with Crippen molar-refractivity contribution in [2.75, 3.05) is 0 Å². The molecule has 2 N–H and O–H groups in total. The monoisotopic (exact) mass is 266 g/mol. The molecule has 106 valence electrons. The van der Waals surface area contributed by atoms with E-state index in [0.29, 0.717) is 0 Å². The van der Waals surface area contributed by atoms with Gasteiger partial charge in [0.15, 0.2) is 5.60 Å². The van der Waals surface area contributed by atoms with Gasteiger partial charge in [-0.25, -0.2) is 4.79 Å². The Labute approximate surface area is 113 Å². The van der Waals surface area contributed by atoms with E-state index in [4.69, 9.17) is 4.74 Å². The fourth-order valence-corrected chi connectivity index (χ4v) is 4.37. The fourth-order valence-electron chi connectivity index (χ4n) is 4.37. The molecule has 0 aromatic rings. The number of carbonyl (C=O) groups excluding carboxylic acids is 1. The van der Waals surface area contributed by atoms with Crippen LogP contribution in [0.3, 0.4) is 0 Å². The van der Waals surface area contributed by atoms with E-state index in [1.807, 2.05) is 13.0 Å². The molecule has 7 atom stereocenters. The Bertz CT molecular complexity index is 441. The number of fused-ring (bicyclic) bond motifs is 3. The van der Waals surface area contributed by atoms with E-state index in [1.165, 1.54) is 0 Å². The molecule has 0 amide bonds. The molecular weight excluding hydrogens is 244 g/mol. The number of hydrogen-bond donors (Lipinski definition) is 2. The summed E-state index contributed by atoms with van der Waals surface area (Å²) in [6.07, 6.45) is 4.84. The van der Waals surface area contributed by atoms with Crippen molar-refractivity contribution in [2.45, 2.75) is 51.4 Å². The summed E-state index contributed by atoms with van der Waals surface area (Å²) < 4.78 is 5.50. The van der Waals surface area contributed by atoms with Crippen LogP contribution >= 0.6 is 0 Å². The molecular formula is C15H22O4. The van der Waals surface area contributed by atoms with E-state index in [9.17, 15) is 15.0 Å². The van der Waals surface area contributed by atoms with Crippen LogP contribution in [0, 0.1) is 23.2 Å². The van der Waals surface area contributed by atoms with E-state index >= 15 is 0 Å². The Morgan fingerprint density at radius 3 is 2.79 bits per heavy atom. The number of aliphatic hydroxyl groups is 2. The highest BCUT2D eigenvalue weighted by Crippen LogP contribution is 2.56. The molecule has 3 rings (SSSR count). The van der Waals surface area contributed by atoms with Gasteiger partial charge in [0.2, 0.25) is 0 Å². The standard InChI is InChI=1S/C15H22O4/c1-8-10(16)5-7-14(2)6-4-9-12(11(8)14)19-13(17)15(9,3)18/h5,7-12,16,18H,4,6H2,1-3H3/t8-,9-,10-,11-,12-,14+,15+/m1/s1. The summed E-state index contributed by atoms with van der Waals surface area (Å²) in [4.78, 5) is 11.9. The summed E-state index contributed by atoms with van der Waals surface area (Å²) in [6, 6.07) is 0. The predicted octanol–water partition coefficient (Wildman–Crippen LogP) is 1.26. The Kier molecular flexibility index (Phi) is 2.64. The molecule has 1 saturated carbocycles. The number of aliphatic hydroxyl groups excluding tert-OH is 1. The first-order valence-electron chi connectivity index (χ1n) is 7.08. The van der Waals surface area contributed by atoms with Crippen LogP contribution in [0.2, 0.25) is 0 Å². The molecule has 1 saturated heterocycles. The van der Waals surface area contributed by atoms with Crippen LogP contribution in [0.15, 0.2) is 12.2 Å². The maximum Gasteiger partial charge on any atom is 0.338 e. The third kappa shape index (κ3) is 1.62. The summed E-state index contributed by atoms with van der Waals surface area (Å²) in [5, 5.41) is 20.4. The lowest BCUT2D eigenvalue weighted by atomic mass is 9.54. The average molecular weight is 266 g/mol. The minimum absolute atomic E-state index is 0.0319. The highest BCUT2D eigenvalue weighted by atomic mass is 16.6. The maximum atomic E-state index is 11.9. The van der Waals surface area contributed by atoms with Gasteiger partial charge in [0.1, 0.15) is 6.10 Å². The van der Waals surface area contributed by atoms with Crippen LogP contribution in [-0.2, 0) is 9.53 Å². The maximum absolute atomic E-state index is 11.9. The summed E-state index contributed by atoms with van der Waals surface area (Å²) in [5.74, 6) is -0.559. The van der Waals surface area contributed by atoms with Crippen molar-refractivity contribution in [3.63, 3.8) is 0 Å². The zero-order valence-electron chi connectivity index (χ0n) is 11.7. The van der Waals surface area contributed by atoms with Crippen LogP contribution in [0.25, 0.3) is 0 Å². The summed E-state index contributed by atoms with van der Waals surface area (Å²) in [7, 11) is 0. The van der Waals surface area contributed by atoms with Crippen LogP contribution in [0.1, 0.15) is 33.6 Å². The molecule has 0 aromatic carbocycles. The molecule has 3 aliphatic rings. The first-order chi connectivity index (χ1) is 8.77. The quantitative estimate of drug-likeness (QED) is 0.512. The number of rotatable bonds is 0. The van der Waals surface area contributed by atoms with Gasteiger partial charge >= 0.3 is 5.97 Å². The van der Waals surface area contributed by atoms with Gasteiger partial charge in [0.05, 0.1) is 6.10 Å². The Balaban J connectivity index is 2.01. The van der Waals surface area contributed by atoms with Crippen molar-refractivity contribution >= 4 is 5.97 Å².